The molecule has 1 aromatic rings. The van der Waals surface area contributed by atoms with E-state index in [2.05, 4.69) is 0 Å². The fourth-order valence-corrected chi connectivity index (χ4v) is 2.87. The fourth-order valence-electron chi connectivity index (χ4n) is 2.87. The second-order valence-corrected chi connectivity index (χ2v) is 6.42. The molecular formula is C15H13F9O. The van der Waals surface area contributed by atoms with E-state index in [1.54, 1.807) is 0 Å². The van der Waals surface area contributed by atoms with Gasteiger partial charge in [-0.25, -0.2) is 4.39 Å². The first-order valence-electron chi connectivity index (χ1n) is 6.95. The van der Waals surface area contributed by atoms with E-state index < -0.39 is 41.4 Å². The Morgan fingerprint density at radius 2 is 1.28 bits per heavy atom. The average molecular weight is 380 g/mol. The van der Waals surface area contributed by atoms with Gasteiger partial charge in [-0.15, -0.1) is 0 Å². The second-order valence-electron chi connectivity index (χ2n) is 6.42. The zero-order chi connectivity index (χ0) is 19.7. The van der Waals surface area contributed by atoms with Crippen molar-refractivity contribution in [1.29, 1.82) is 0 Å². The van der Waals surface area contributed by atoms with Crippen LogP contribution in [-0.2, 0) is 5.60 Å². The third kappa shape index (κ3) is 2.22. The zero-order valence-electron chi connectivity index (χ0n) is 12.9. The predicted molar refractivity (Wildman–Crippen MR) is 69.0 cm³/mol. The van der Waals surface area contributed by atoms with Crippen LogP contribution in [0.5, 0.6) is 0 Å². The number of hydrogen-bond acceptors (Lipinski definition) is 1. The molecule has 0 radical (unpaired) electrons. The van der Waals surface area contributed by atoms with Crippen molar-refractivity contribution in [3.8, 4) is 0 Å². The lowest BCUT2D eigenvalue weighted by molar-refractivity contribution is -0.303. The molecule has 1 fully saturated rings. The lowest BCUT2D eigenvalue weighted by atomic mass is 9.80. The highest BCUT2D eigenvalue weighted by atomic mass is 19.4. The molecule has 1 aromatic carbocycles. The number of benzene rings is 1. The molecule has 25 heavy (non-hydrogen) atoms. The van der Waals surface area contributed by atoms with E-state index in [9.17, 15) is 44.6 Å². The summed E-state index contributed by atoms with van der Waals surface area (Å²) in [6.07, 6.45) is -2.37. The van der Waals surface area contributed by atoms with E-state index in [0.717, 1.165) is 12.1 Å². The van der Waals surface area contributed by atoms with Crippen LogP contribution in [0, 0.1) is 6.92 Å². The van der Waals surface area contributed by atoms with Crippen LogP contribution in [-0.4, -0.2) is 34.5 Å². The van der Waals surface area contributed by atoms with Gasteiger partial charge in [0.1, 0.15) is 0 Å². The summed E-state index contributed by atoms with van der Waals surface area (Å²) in [4.78, 5) is 0. The van der Waals surface area contributed by atoms with Gasteiger partial charge in [0, 0.05) is 6.42 Å². The van der Waals surface area contributed by atoms with Crippen molar-refractivity contribution in [3.63, 3.8) is 0 Å². The molecule has 1 nitrogen and oxygen atoms in total. The molecule has 2 rings (SSSR count). The zero-order valence-corrected chi connectivity index (χ0v) is 12.9. The largest absolute Gasteiger partial charge is 0.385 e. The monoisotopic (exact) mass is 380 g/mol. The van der Waals surface area contributed by atoms with Crippen molar-refractivity contribution in [2.75, 3.05) is 0 Å². The van der Waals surface area contributed by atoms with Gasteiger partial charge in [0.05, 0.1) is 5.60 Å². The molecule has 1 aliphatic carbocycles. The fraction of sp³-hybridized carbons (Fsp3) is 0.600. The Kier molecular flexibility index (Phi) is 4.01. The minimum Gasteiger partial charge on any atom is -0.385 e. The molecule has 1 aliphatic rings. The Labute approximate surface area is 136 Å². The molecular weight excluding hydrogens is 367 g/mol. The quantitative estimate of drug-likeness (QED) is 0.743. The molecule has 0 saturated heterocycles. The Morgan fingerprint density at radius 1 is 0.840 bits per heavy atom. The molecule has 1 saturated carbocycles. The van der Waals surface area contributed by atoms with Crippen LogP contribution in [0.15, 0.2) is 24.3 Å². The van der Waals surface area contributed by atoms with Gasteiger partial charge in [0.25, 0.3) is 5.67 Å². The molecule has 0 aliphatic heterocycles. The Morgan fingerprint density at radius 3 is 1.68 bits per heavy atom. The molecule has 0 bridgehead atoms. The highest BCUT2D eigenvalue weighted by Gasteiger charge is 3.00. The van der Waals surface area contributed by atoms with Crippen LogP contribution < -0.4 is 0 Å². The number of halogens is 9. The van der Waals surface area contributed by atoms with E-state index >= 15 is 0 Å². The minimum atomic E-state index is -6.64. The summed E-state index contributed by atoms with van der Waals surface area (Å²) in [5.74, 6) is -26.1. The minimum absolute atomic E-state index is 0.366. The molecule has 10 heteroatoms. The highest BCUT2D eigenvalue weighted by Crippen LogP contribution is 2.70. The predicted octanol–water partition coefficient (Wildman–Crippen LogP) is 4.86. The molecule has 142 valence electrons. The number of alkyl halides is 9. The molecule has 1 unspecified atom stereocenters. The summed E-state index contributed by atoms with van der Waals surface area (Å²) in [5.41, 5.74) is -8.48. The first-order chi connectivity index (χ1) is 11.0. The second kappa shape index (κ2) is 5.05. The number of aryl methyl sites for hydroxylation is 1. The van der Waals surface area contributed by atoms with Gasteiger partial charge in [-0.1, -0.05) is 29.8 Å². The Balaban J connectivity index is 2.60. The van der Waals surface area contributed by atoms with E-state index in [-0.39, 0.29) is 5.56 Å². The standard InChI is InChI=1S/C15H13F9O/c1-8-4-3-5-9(6-8)10(2,25)7-11(16)12(17,18)14(21,22)15(23,24)13(11,19)20/h3-6,25H,7H2,1-2H3. The molecule has 0 amide bonds. The summed E-state index contributed by atoms with van der Waals surface area (Å²) >= 11 is 0. The van der Waals surface area contributed by atoms with Gasteiger partial charge >= 0.3 is 23.7 Å². The Hall–Kier alpha value is -1.45. The maximum Gasteiger partial charge on any atom is 0.381 e. The van der Waals surface area contributed by atoms with E-state index in [1.807, 2.05) is 0 Å². The SMILES string of the molecule is Cc1cccc(C(C)(O)CC2(F)C(F)(F)C(F)(F)C(F)(F)C2(F)F)c1. The third-order valence-electron chi connectivity index (χ3n) is 4.41. The van der Waals surface area contributed by atoms with E-state index in [1.165, 1.54) is 19.1 Å². The molecule has 0 aromatic heterocycles. The van der Waals surface area contributed by atoms with Crippen molar-refractivity contribution in [2.45, 2.75) is 55.2 Å². The van der Waals surface area contributed by atoms with Crippen molar-refractivity contribution in [2.24, 2.45) is 0 Å². The molecule has 0 heterocycles. The van der Waals surface area contributed by atoms with E-state index in [4.69, 9.17) is 0 Å². The number of rotatable bonds is 3. The maximum absolute atomic E-state index is 14.5. The van der Waals surface area contributed by atoms with Crippen LogP contribution in [0.1, 0.15) is 24.5 Å². The smallest absolute Gasteiger partial charge is 0.381 e. The molecule has 0 spiro atoms. The van der Waals surface area contributed by atoms with Gasteiger partial charge < -0.3 is 5.11 Å². The van der Waals surface area contributed by atoms with Crippen LogP contribution >= 0.6 is 0 Å². The van der Waals surface area contributed by atoms with Crippen LogP contribution in [0.4, 0.5) is 39.5 Å². The molecule has 1 N–H and O–H groups in total. The lowest BCUT2D eigenvalue weighted by Crippen LogP contribution is -2.57. The van der Waals surface area contributed by atoms with Crippen molar-refractivity contribution in [3.05, 3.63) is 35.4 Å². The summed E-state index contributed by atoms with van der Waals surface area (Å²) < 4.78 is 122. The maximum atomic E-state index is 14.5. The lowest BCUT2D eigenvalue weighted by Gasteiger charge is -2.37. The first kappa shape index (κ1) is 19.9. The summed E-state index contributed by atoms with van der Waals surface area (Å²) in [7, 11) is 0. The highest BCUT2D eigenvalue weighted by molar-refractivity contribution is 5.32. The van der Waals surface area contributed by atoms with Gasteiger partial charge in [-0.05, 0) is 19.4 Å². The van der Waals surface area contributed by atoms with Crippen LogP contribution in [0.25, 0.3) is 0 Å². The topological polar surface area (TPSA) is 20.2 Å². The van der Waals surface area contributed by atoms with Crippen LogP contribution in [0.2, 0.25) is 0 Å². The summed E-state index contributed by atoms with van der Waals surface area (Å²) in [6, 6.07) is 4.87. The van der Waals surface area contributed by atoms with Crippen molar-refractivity contribution in [1.82, 2.24) is 0 Å². The van der Waals surface area contributed by atoms with Gasteiger partial charge in [-0.2, -0.15) is 35.1 Å². The average Bonchev–Trinajstić information content (AvgIpc) is 2.49. The molecule has 1 atom stereocenters. The van der Waals surface area contributed by atoms with Crippen LogP contribution in [0.3, 0.4) is 0 Å². The normalized spacial score (nSPS) is 27.7. The number of aliphatic hydroxyl groups is 1. The van der Waals surface area contributed by atoms with E-state index in [0.29, 0.717) is 12.5 Å². The summed E-state index contributed by atoms with van der Waals surface area (Å²) in [5, 5.41) is 10.1. The van der Waals surface area contributed by atoms with Gasteiger partial charge in [0.15, 0.2) is 0 Å². The third-order valence-corrected chi connectivity index (χ3v) is 4.41. The van der Waals surface area contributed by atoms with Gasteiger partial charge in [-0.3, -0.25) is 0 Å². The first-order valence-corrected chi connectivity index (χ1v) is 6.95. The van der Waals surface area contributed by atoms with Gasteiger partial charge in [0.2, 0.25) is 0 Å². The van der Waals surface area contributed by atoms with Crippen molar-refractivity contribution < 1.29 is 44.6 Å². The number of hydrogen-bond donors (Lipinski definition) is 1. The Bertz CT molecular complexity index is 655. The van der Waals surface area contributed by atoms with Crippen molar-refractivity contribution >= 4 is 0 Å². The summed E-state index contributed by atoms with van der Waals surface area (Å²) in [6.45, 7) is 2.07.